The summed E-state index contributed by atoms with van der Waals surface area (Å²) in [6, 6.07) is 0.441. The second-order valence-corrected chi connectivity index (χ2v) is 4.42. The molecule has 0 saturated heterocycles. The van der Waals surface area contributed by atoms with Gasteiger partial charge in [-0.1, -0.05) is 6.08 Å². The first-order valence-corrected chi connectivity index (χ1v) is 5.42. The van der Waals surface area contributed by atoms with Gasteiger partial charge in [0.25, 0.3) is 0 Å². The van der Waals surface area contributed by atoms with E-state index in [1.54, 1.807) is 0 Å². The number of rotatable bonds is 1. The van der Waals surface area contributed by atoms with Gasteiger partial charge in [-0.25, -0.2) is 9.98 Å². The molecule has 15 heavy (non-hydrogen) atoms. The average Bonchev–Trinajstić information content (AvgIpc) is 2.16. The second-order valence-electron chi connectivity index (χ2n) is 4.42. The molecule has 0 aromatic heterocycles. The Kier molecular flexibility index (Phi) is 2.50. The van der Waals surface area contributed by atoms with Crippen molar-refractivity contribution in [3.63, 3.8) is 0 Å². The lowest BCUT2D eigenvalue weighted by molar-refractivity contribution is 0.185. The quantitative estimate of drug-likeness (QED) is 0.704. The molecule has 2 atom stereocenters. The number of nitrogens with zero attached hydrogens (tertiary/aromatic N) is 3. The van der Waals surface area contributed by atoms with Crippen molar-refractivity contribution >= 4 is 11.7 Å². The van der Waals surface area contributed by atoms with Gasteiger partial charge in [0.15, 0.2) is 0 Å². The summed E-state index contributed by atoms with van der Waals surface area (Å²) in [4.78, 5) is 10.9. The van der Waals surface area contributed by atoms with Crippen LogP contribution < -0.4 is 5.73 Å². The van der Waals surface area contributed by atoms with Crippen molar-refractivity contribution in [3.05, 3.63) is 12.3 Å². The van der Waals surface area contributed by atoms with Crippen molar-refractivity contribution in [2.45, 2.75) is 39.4 Å². The maximum atomic E-state index is 5.71. The highest BCUT2D eigenvalue weighted by molar-refractivity contribution is 5.98. The van der Waals surface area contributed by atoms with Crippen molar-refractivity contribution < 1.29 is 0 Å². The first-order chi connectivity index (χ1) is 7.09. The monoisotopic (exact) mass is 206 g/mol. The van der Waals surface area contributed by atoms with Crippen LogP contribution in [0.1, 0.15) is 27.2 Å². The largest absolute Gasteiger partial charge is 0.368 e. The molecule has 2 N–H and O–H groups in total. The van der Waals surface area contributed by atoms with E-state index in [2.05, 4.69) is 41.0 Å². The molecule has 0 radical (unpaired) electrons. The molecule has 2 heterocycles. The molecule has 0 aromatic carbocycles. The van der Waals surface area contributed by atoms with Gasteiger partial charge >= 0.3 is 0 Å². The molecule has 82 valence electrons. The lowest BCUT2D eigenvalue weighted by Gasteiger charge is -2.40. The normalized spacial score (nSPS) is 30.0. The molecule has 0 fully saturated rings. The van der Waals surface area contributed by atoms with Gasteiger partial charge < -0.3 is 10.6 Å². The average molecular weight is 206 g/mol. The standard InChI is InChI=1S/C11H18N4/c1-7(2)15-6-4-5-9-8(3)13-11(12)14-10(9)15/h4,6-7,9-10H,5H2,1-3H3,(H2,12,14). The van der Waals surface area contributed by atoms with Crippen molar-refractivity contribution in [1.29, 1.82) is 0 Å². The van der Waals surface area contributed by atoms with E-state index in [1.807, 2.05) is 6.92 Å². The smallest absolute Gasteiger partial charge is 0.217 e. The number of allylic oxidation sites excluding steroid dienone is 1. The summed E-state index contributed by atoms with van der Waals surface area (Å²) >= 11 is 0. The summed E-state index contributed by atoms with van der Waals surface area (Å²) in [5, 5.41) is 0. The van der Waals surface area contributed by atoms with Crippen molar-refractivity contribution in [1.82, 2.24) is 4.90 Å². The Hall–Kier alpha value is -1.32. The van der Waals surface area contributed by atoms with Gasteiger partial charge in [-0.3, -0.25) is 0 Å². The number of fused-ring (bicyclic) bond motifs is 1. The van der Waals surface area contributed by atoms with Crippen molar-refractivity contribution in [2.24, 2.45) is 21.6 Å². The number of aliphatic imine (C=N–C) groups is 2. The zero-order valence-electron chi connectivity index (χ0n) is 9.51. The van der Waals surface area contributed by atoms with Crippen LogP contribution in [-0.4, -0.2) is 28.8 Å². The molecule has 0 bridgehead atoms. The van der Waals surface area contributed by atoms with E-state index < -0.39 is 0 Å². The summed E-state index contributed by atoms with van der Waals surface area (Å²) in [6.07, 6.45) is 5.48. The van der Waals surface area contributed by atoms with E-state index >= 15 is 0 Å². The number of guanidine groups is 1. The minimum absolute atomic E-state index is 0.146. The van der Waals surface area contributed by atoms with E-state index in [4.69, 9.17) is 5.73 Å². The summed E-state index contributed by atoms with van der Waals surface area (Å²) in [7, 11) is 0. The van der Waals surface area contributed by atoms with Crippen LogP contribution in [0.2, 0.25) is 0 Å². The molecule has 4 heteroatoms. The minimum atomic E-state index is 0.146. The van der Waals surface area contributed by atoms with E-state index in [0.29, 0.717) is 17.9 Å². The van der Waals surface area contributed by atoms with Crippen molar-refractivity contribution in [2.75, 3.05) is 0 Å². The van der Waals surface area contributed by atoms with E-state index in [0.717, 1.165) is 12.1 Å². The number of hydrogen-bond acceptors (Lipinski definition) is 4. The fourth-order valence-corrected chi connectivity index (χ4v) is 2.20. The third-order valence-corrected chi connectivity index (χ3v) is 3.02. The number of nitrogens with two attached hydrogens (primary N) is 1. The first kappa shape index (κ1) is 10.2. The molecule has 4 nitrogen and oxygen atoms in total. The van der Waals surface area contributed by atoms with Crippen LogP contribution in [0, 0.1) is 5.92 Å². The molecular formula is C11H18N4. The van der Waals surface area contributed by atoms with Crippen LogP contribution >= 0.6 is 0 Å². The van der Waals surface area contributed by atoms with Gasteiger partial charge in [-0.05, 0) is 33.4 Å². The Morgan fingerprint density at radius 1 is 1.53 bits per heavy atom. The molecule has 2 rings (SSSR count). The minimum Gasteiger partial charge on any atom is -0.368 e. The number of hydrogen-bond donors (Lipinski definition) is 1. The highest BCUT2D eigenvalue weighted by atomic mass is 15.3. The van der Waals surface area contributed by atoms with Crippen LogP contribution in [0.25, 0.3) is 0 Å². The summed E-state index contributed by atoms with van der Waals surface area (Å²) in [5.41, 5.74) is 6.81. The van der Waals surface area contributed by atoms with E-state index in [1.165, 1.54) is 0 Å². The molecule has 0 amide bonds. The van der Waals surface area contributed by atoms with Crippen molar-refractivity contribution in [3.8, 4) is 0 Å². The Bertz CT molecular complexity index is 340. The summed E-state index contributed by atoms with van der Waals surface area (Å²) < 4.78 is 0. The predicted molar refractivity (Wildman–Crippen MR) is 62.7 cm³/mol. The molecule has 2 aliphatic rings. The Morgan fingerprint density at radius 2 is 2.27 bits per heavy atom. The molecule has 0 saturated carbocycles. The Morgan fingerprint density at radius 3 is 2.93 bits per heavy atom. The molecule has 0 spiro atoms. The third-order valence-electron chi connectivity index (χ3n) is 3.02. The van der Waals surface area contributed by atoms with Gasteiger partial charge in [0, 0.05) is 17.7 Å². The Balaban J connectivity index is 2.32. The van der Waals surface area contributed by atoms with Gasteiger partial charge in [0.1, 0.15) is 6.17 Å². The topological polar surface area (TPSA) is 54.0 Å². The third kappa shape index (κ3) is 1.76. The molecule has 0 aliphatic carbocycles. The second kappa shape index (κ2) is 3.68. The fraction of sp³-hybridized carbons (Fsp3) is 0.636. The first-order valence-electron chi connectivity index (χ1n) is 5.42. The van der Waals surface area contributed by atoms with Crippen LogP contribution in [0.5, 0.6) is 0 Å². The maximum absolute atomic E-state index is 5.71. The van der Waals surface area contributed by atoms with Crippen LogP contribution in [0.4, 0.5) is 0 Å². The van der Waals surface area contributed by atoms with Crippen LogP contribution in [0.15, 0.2) is 22.3 Å². The van der Waals surface area contributed by atoms with E-state index in [-0.39, 0.29) is 6.17 Å². The van der Waals surface area contributed by atoms with Crippen LogP contribution in [-0.2, 0) is 0 Å². The summed E-state index contributed by atoms with van der Waals surface area (Å²) in [5.74, 6) is 0.805. The fourth-order valence-electron chi connectivity index (χ4n) is 2.20. The van der Waals surface area contributed by atoms with Crippen LogP contribution in [0.3, 0.4) is 0 Å². The molecule has 2 aliphatic heterocycles. The van der Waals surface area contributed by atoms with E-state index in [9.17, 15) is 0 Å². The zero-order chi connectivity index (χ0) is 11.0. The lowest BCUT2D eigenvalue weighted by atomic mass is 9.92. The summed E-state index contributed by atoms with van der Waals surface area (Å²) in [6.45, 7) is 6.37. The van der Waals surface area contributed by atoms with Gasteiger partial charge in [-0.15, -0.1) is 0 Å². The highest BCUT2D eigenvalue weighted by Crippen LogP contribution is 2.28. The zero-order valence-corrected chi connectivity index (χ0v) is 9.51. The molecule has 0 aromatic rings. The predicted octanol–water partition coefficient (Wildman–Crippen LogP) is 1.35. The SMILES string of the molecule is CC1=NC(N)=NC2C1CC=CN2C(C)C. The maximum Gasteiger partial charge on any atom is 0.217 e. The van der Waals surface area contributed by atoms with Gasteiger partial charge in [0.05, 0.1) is 0 Å². The highest BCUT2D eigenvalue weighted by Gasteiger charge is 2.33. The van der Waals surface area contributed by atoms with Gasteiger partial charge in [-0.2, -0.15) is 0 Å². The Labute approximate surface area is 90.6 Å². The molecular weight excluding hydrogens is 188 g/mol. The molecule has 2 unspecified atom stereocenters. The van der Waals surface area contributed by atoms with Gasteiger partial charge in [0.2, 0.25) is 5.96 Å². The lowest BCUT2D eigenvalue weighted by Crippen LogP contribution is -2.47.